The van der Waals surface area contributed by atoms with Crippen molar-refractivity contribution < 1.29 is 69.3 Å². The second kappa shape index (κ2) is 6.00. The van der Waals surface area contributed by atoms with Crippen molar-refractivity contribution in [2.75, 3.05) is 0 Å². The van der Waals surface area contributed by atoms with Crippen LogP contribution in [0.25, 0.3) is 0 Å². The molecule has 0 heterocycles. The number of benzene rings is 1. The third-order valence-electron chi connectivity index (χ3n) is 1.61. The molecule has 0 fully saturated rings. The molecule has 0 saturated carbocycles. The van der Waals surface area contributed by atoms with Crippen molar-refractivity contribution in [1.29, 1.82) is 0 Å². The molecule has 0 aliphatic carbocycles. The fraction of sp³-hybridized carbons (Fsp3) is 0.143. The molecule has 0 atom stereocenters. The average molecular weight is 243 g/mol. The van der Waals surface area contributed by atoms with E-state index in [4.69, 9.17) is 0 Å². The van der Waals surface area contributed by atoms with Gasteiger partial charge in [-0.2, -0.15) is 0 Å². The van der Waals surface area contributed by atoms with E-state index >= 15 is 0 Å². The smallest absolute Gasteiger partial charge is 0.449 e. The molecule has 0 aliphatic rings. The molecule has 0 amide bonds. The minimum Gasteiger partial charge on any atom is -0.449 e. The fourth-order valence-corrected chi connectivity index (χ4v) is 1.02. The van der Waals surface area contributed by atoms with Gasteiger partial charge in [0.2, 0.25) is 0 Å². The van der Waals surface area contributed by atoms with Gasteiger partial charge in [-0.25, -0.2) is 0 Å². The normalized spacial score (nSPS) is 10.6. The van der Waals surface area contributed by atoms with Gasteiger partial charge in [0, 0.05) is 12.1 Å². The number of hydrogen-bond donors (Lipinski definition) is 0. The first-order chi connectivity index (χ1) is 6.38. The Bertz CT molecular complexity index is 341. The topological polar surface area (TPSA) is 43.1 Å². The zero-order valence-corrected chi connectivity index (χ0v) is 11.1. The van der Waals surface area contributed by atoms with Crippen LogP contribution in [0.1, 0.15) is 5.56 Å². The Balaban J connectivity index is 0.00000196. The van der Waals surface area contributed by atoms with E-state index in [0.717, 1.165) is 24.3 Å². The molecule has 1 aromatic carbocycles. The summed E-state index contributed by atoms with van der Waals surface area (Å²) in [6, 6.07) is 4.37. The molecular weight excluding hydrogens is 237 g/mol. The van der Waals surface area contributed by atoms with Gasteiger partial charge in [-0.3, -0.25) is 10.1 Å². The monoisotopic (exact) mass is 243 g/mol. The molecule has 0 bridgehead atoms. The fourth-order valence-electron chi connectivity index (χ4n) is 1.02. The molecule has 0 aliphatic heterocycles. The van der Waals surface area contributed by atoms with Crippen LogP contribution < -0.4 is 51.4 Å². The molecule has 0 aromatic heterocycles. The maximum atomic E-state index is 11.9. The van der Waals surface area contributed by atoms with E-state index in [9.17, 15) is 23.1 Å². The van der Waals surface area contributed by atoms with Gasteiger partial charge in [0.25, 0.3) is 5.69 Å². The van der Waals surface area contributed by atoms with Crippen LogP contribution in [0, 0.1) is 10.1 Å². The predicted octanol–water partition coefficient (Wildman–Crippen LogP) is -0.472. The molecule has 3 nitrogen and oxygen atoms in total. The van der Waals surface area contributed by atoms with Crippen LogP contribution in [-0.4, -0.2) is 11.9 Å². The van der Waals surface area contributed by atoms with Gasteiger partial charge in [-0.15, -0.1) is 0 Å². The van der Waals surface area contributed by atoms with Crippen molar-refractivity contribution in [1.82, 2.24) is 0 Å². The summed E-state index contributed by atoms with van der Waals surface area (Å²) in [6.45, 7) is -4.88. The summed E-state index contributed by atoms with van der Waals surface area (Å²) in [7, 11) is 0. The van der Waals surface area contributed by atoms with Crippen molar-refractivity contribution >= 4 is 12.7 Å². The minimum absolute atomic E-state index is 0. The Morgan fingerprint density at radius 2 is 1.67 bits per heavy atom. The van der Waals surface area contributed by atoms with Crippen molar-refractivity contribution in [3.8, 4) is 0 Å². The molecule has 0 N–H and O–H groups in total. The molecule has 0 radical (unpaired) electrons. The van der Waals surface area contributed by atoms with E-state index in [0.29, 0.717) is 0 Å². The number of rotatable bonds is 3. The summed E-state index contributed by atoms with van der Waals surface area (Å²) >= 11 is 0. The molecule has 15 heavy (non-hydrogen) atoms. The zero-order valence-electron chi connectivity index (χ0n) is 7.99. The first-order valence-corrected chi connectivity index (χ1v) is 3.83. The summed E-state index contributed by atoms with van der Waals surface area (Å²) in [4.78, 5) is 9.53. The Labute approximate surface area is 127 Å². The number of nitro groups is 1. The van der Waals surface area contributed by atoms with E-state index < -0.39 is 18.2 Å². The Morgan fingerprint density at radius 1 is 1.20 bits per heavy atom. The van der Waals surface area contributed by atoms with Crippen LogP contribution in [-0.2, 0) is 6.32 Å². The second-order valence-electron chi connectivity index (χ2n) is 2.84. The van der Waals surface area contributed by atoms with Crippen LogP contribution in [0.3, 0.4) is 0 Å². The second-order valence-corrected chi connectivity index (χ2v) is 2.84. The number of nitro benzene ring substituents is 1. The summed E-state index contributed by atoms with van der Waals surface area (Å²) in [5.74, 6) is 0. The summed E-state index contributed by atoms with van der Waals surface area (Å²) in [5, 5.41) is 10.2. The summed E-state index contributed by atoms with van der Waals surface area (Å²) in [5.41, 5.74) is -0.161. The van der Waals surface area contributed by atoms with Gasteiger partial charge in [-0.05, 0) is 0 Å². The molecule has 76 valence electrons. The van der Waals surface area contributed by atoms with Crippen LogP contribution in [0.2, 0.25) is 0 Å². The Morgan fingerprint density at radius 3 is 2.00 bits per heavy atom. The number of nitrogens with zero attached hydrogens (tertiary/aromatic N) is 1. The third kappa shape index (κ3) is 5.67. The van der Waals surface area contributed by atoms with Crippen molar-refractivity contribution in [3.05, 3.63) is 39.9 Å². The first-order valence-electron chi connectivity index (χ1n) is 3.83. The standard InChI is InChI=1S/C7H6BF3NO2.K/c9-8(10,11)5-6-1-3-7(4-2-6)12(13)14;/h1-4H,5H2;/q-1;+1. The van der Waals surface area contributed by atoms with Crippen LogP contribution >= 0.6 is 0 Å². The van der Waals surface area contributed by atoms with E-state index in [1.54, 1.807) is 0 Å². The number of halogens is 3. The van der Waals surface area contributed by atoms with Crippen LogP contribution in [0.5, 0.6) is 0 Å². The predicted molar refractivity (Wildman–Crippen MR) is 45.9 cm³/mol. The summed E-state index contributed by atoms with van der Waals surface area (Å²) < 4.78 is 35.8. The van der Waals surface area contributed by atoms with Gasteiger partial charge in [-0.1, -0.05) is 24.0 Å². The van der Waals surface area contributed by atoms with Gasteiger partial charge in [0.15, 0.2) is 0 Å². The Hall–Kier alpha value is 0.111. The van der Waals surface area contributed by atoms with Crippen molar-refractivity contribution in [3.63, 3.8) is 0 Å². The van der Waals surface area contributed by atoms with Crippen molar-refractivity contribution in [2.24, 2.45) is 0 Å². The van der Waals surface area contributed by atoms with Crippen LogP contribution in [0.4, 0.5) is 18.6 Å². The van der Waals surface area contributed by atoms with Gasteiger partial charge >= 0.3 is 58.4 Å². The Kier molecular flexibility index (Phi) is 6.04. The van der Waals surface area contributed by atoms with E-state index in [1.165, 1.54) is 0 Å². The zero-order chi connectivity index (χ0) is 10.8. The number of hydrogen-bond acceptors (Lipinski definition) is 2. The number of non-ortho nitro benzene ring substituents is 1. The molecule has 1 rings (SSSR count). The van der Waals surface area contributed by atoms with Gasteiger partial charge in [0.1, 0.15) is 0 Å². The van der Waals surface area contributed by atoms with E-state index in [1.807, 2.05) is 0 Å². The maximum absolute atomic E-state index is 11.9. The minimum atomic E-state index is -4.88. The summed E-state index contributed by atoms with van der Waals surface area (Å²) in [6.07, 6.45) is -1.00. The van der Waals surface area contributed by atoms with Crippen LogP contribution in [0.15, 0.2) is 24.3 Å². The third-order valence-corrected chi connectivity index (χ3v) is 1.61. The molecule has 1 aromatic rings. The molecule has 8 heteroatoms. The first kappa shape index (κ1) is 15.1. The average Bonchev–Trinajstić information content (AvgIpc) is 2.02. The van der Waals surface area contributed by atoms with E-state index in [2.05, 4.69) is 0 Å². The van der Waals surface area contributed by atoms with Gasteiger partial charge in [0.05, 0.1) is 4.92 Å². The molecule has 0 spiro atoms. The van der Waals surface area contributed by atoms with Gasteiger partial charge < -0.3 is 12.9 Å². The molecule has 0 saturated heterocycles. The quantitative estimate of drug-likeness (QED) is 0.409. The van der Waals surface area contributed by atoms with Crippen molar-refractivity contribution in [2.45, 2.75) is 6.32 Å². The van der Waals surface area contributed by atoms with E-state index in [-0.39, 0.29) is 62.6 Å². The molecular formula is C7H6BF3KNO2. The maximum Gasteiger partial charge on any atom is 1.00 e. The molecule has 0 unspecified atom stereocenters. The SMILES string of the molecule is O=[N+]([O-])c1ccc(C[B-](F)(F)F)cc1.[K+]. The largest absolute Gasteiger partial charge is 1.00 e.